The number of halogens is 1. The summed E-state index contributed by atoms with van der Waals surface area (Å²) in [4.78, 5) is 13.0. The van der Waals surface area contributed by atoms with Crippen LogP contribution in [0.25, 0.3) is 0 Å². The number of thiophene rings is 1. The number of nitrogens with one attached hydrogen (secondary N) is 2. The van der Waals surface area contributed by atoms with Gasteiger partial charge in [-0.2, -0.15) is 0 Å². The van der Waals surface area contributed by atoms with Gasteiger partial charge in [-0.25, -0.2) is 8.42 Å². The fourth-order valence-corrected chi connectivity index (χ4v) is 4.70. The van der Waals surface area contributed by atoms with Gasteiger partial charge < -0.3 is 10.1 Å². The van der Waals surface area contributed by atoms with E-state index in [1.54, 1.807) is 30.3 Å². The summed E-state index contributed by atoms with van der Waals surface area (Å²) in [5, 5.41) is 4.87. The molecule has 0 bridgehead atoms. The van der Waals surface area contributed by atoms with E-state index in [1.807, 2.05) is 17.5 Å². The Balaban J connectivity index is 1.86. The Morgan fingerprint density at radius 1 is 1.14 bits per heavy atom. The molecule has 0 atom stereocenters. The first-order valence-electron chi connectivity index (χ1n) is 8.16. The molecular weight excluding hydrogens is 420 g/mol. The lowest BCUT2D eigenvalue weighted by molar-refractivity contribution is -0.115. The van der Waals surface area contributed by atoms with Crippen LogP contribution < -0.4 is 14.8 Å². The number of para-hydroxylation sites is 1. The van der Waals surface area contributed by atoms with E-state index in [4.69, 9.17) is 16.3 Å². The van der Waals surface area contributed by atoms with Crippen LogP contribution in [-0.2, 0) is 21.2 Å². The number of carbonyl (C=O) groups excluding carboxylic acids is 1. The molecule has 146 valence electrons. The smallest absolute Gasteiger partial charge is 0.265 e. The number of ether oxygens (including phenoxy) is 1. The van der Waals surface area contributed by atoms with Crippen molar-refractivity contribution in [2.75, 3.05) is 17.1 Å². The van der Waals surface area contributed by atoms with Gasteiger partial charge in [0.1, 0.15) is 10.6 Å². The number of anilines is 2. The molecule has 3 aromatic rings. The maximum Gasteiger partial charge on any atom is 0.265 e. The molecule has 2 aromatic carbocycles. The van der Waals surface area contributed by atoms with Gasteiger partial charge in [-0.05, 0) is 41.8 Å². The zero-order valence-corrected chi connectivity index (χ0v) is 17.2. The predicted molar refractivity (Wildman–Crippen MR) is 112 cm³/mol. The van der Waals surface area contributed by atoms with Crippen molar-refractivity contribution in [3.63, 3.8) is 0 Å². The third-order valence-corrected chi connectivity index (χ3v) is 6.36. The van der Waals surface area contributed by atoms with Gasteiger partial charge in [-0.1, -0.05) is 29.8 Å². The molecule has 0 aliphatic carbocycles. The highest BCUT2D eigenvalue weighted by Gasteiger charge is 2.22. The van der Waals surface area contributed by atoms with Crippen molar-refractivity contribution >= 4 is 50.2 Å². The van der Waals surface area contributed by atoms with Gasteiger partial charge in [-0.15, -0.1) is 11.3 Å². The fraction of sp³-hybridized carbons (Fsp3) is 0.105. The second-order valence-electron chi connectivity index (χ2n) is 5.76. The van der Waals surface area contributed by atoms with Crippen molar-refractivity contribution < 1.29 is 17.9 Å². The summed E-state index contributed by atoms with van der Waals surface area (Å²) >= 11 is 7.52. The van der Waals surface area contributed by atoms with Crippen LogP contribution in [0.2, 0.25) is 5.02 Å². The monoisotopic (exact) mass is 436 g/mol. The van der Waals surface area contributed by atoms with E-state index in [2.05, 4.69) is 10.0 Å². The second-order valence-corrected chi connectivity index (χ2v) is 8.85. The molecular formula is C19H17ClN2O4S2. The number of carbonyl (C=O) groups is 1. The molecule has 0 aliphatic heterocycles. The van der Waals surface area contributed by atoms with Crippen LogP contribution in [0.4, 0.5) is 11.4 Å². The standard InChI is InChI=1S/C19H17ClN2O4S2/c1-26-17-9-8-13(21-19(23)12-14-5-4-10-27-14)11-18(17)28(24,25)22-16-7-3-2-6-15(16)20/h2-11,22H,12H2,1H3,(H,21,23). The molecule has 0 saturated carbocycles. The van der Waals surface area contributed by atoms with Crippen molar-refractivity contribution in [1.82, 2.24) is 0 Å². The van der Waals surface area contributed by atoms with Crippen LogP contribution in [0.1, 0.15) is 4.88 Å². The minimum Gasteiger partial charge on any atom is -0.495 e. The fourth-order valence-electron chi connectivity index (χ4n) is 2.48. The van der Waals surface area contributed by atoms with Gasteiger partial charge in [0.15, 0.2) is 0 Å². The molecule has 0 radical (unpaired) electrons. The minimum absolute atomic E-state index is 0.108. The molecule has 28 heavy (non-hydrogen) atoms. The number of hydrogen-bond donors (Lipinski definition) is 2. The highest BCUT2D eigenvalue weighted by molar-refractivity contribution is 7.92. The van der Waals surface area contributed by atoms with Crippen LogP contribution in [-0.4, -0.2) is 21.4 Å². The number of sulfonamides is 1. The van der Waals surface area contributed by atoms with E-state index in [1.165, 1.54) is 30.6 Å². The number of hydrogen-bond acceptors (Lipinski definition) is 5. The molecule has 0 aliphatic rings. The molecule has 0 saturated heterocycles. The Kier molecular flexibility index (Phi) is 6.23. The first-order chi connectivity index (χ1) is 13.4. The average molecular weight is 437 g/mol. The van der Waals surface area contributed by atoms with Gasteiger partial charge in [-0.3, -0.25) is 9.52 Å². The summed E-state index contributed by atoms with van der Waals surface area (Å²) in [5.41, 5.74) is 0.597. The van der Waals surface area contributed by atoms with Gasteiger partial charge in [0.2, 0.25) is 5.91 Å². The van der Waals surface area contributed by atoms with E-state index in [9.17, 15) is 13.2 Å². The zero-order chi connectivity index (χ0) is 20.1. The number of amides is 1. The molecule has 0 fully saturated rings. The topological polar surface area (TPSA) is 84.5 Å². The van der Waals surface area contributed by atoms with Crippen molar-refractivity contribution in [3.8, 4) is 5.75 Å². The van der Waals surface area contributed by atoms with Crippen LogP contribution in [0, 0.1) is 0 Å². The first kappa shape index (κ1) is 20.2. The zero-order valence-electron chi connectivity index (χ0n) is 14.8. The molecule has 3 rings (SSSR count). The normalized spacial score (nSPS) is 11.1. The van der Waals surface area contributed by atoms with Crippen LogP contribution >= 0.6 is 22.9 Å². The molecule has 1 heterocycles. The van der Waals surface area contributed by atoms with Gasteiger partial charge in [0.25, 0.3) is 10.0 Å². The van der Waals surface area contributed by atoms with E-state index < -0.39 is 10.0 Å². The molecule has 0 unspecified atom stereocenters. The van der Waals surface area contributed by atoms with Crippen LogP contribution in [0.15, 0.2) is 64.9 Å². The summed E-state index contributed by atoms with van der Waals surface area (Å²) in [7, 11) is -2.62. The summed E-state index contributed by atoms with van der Waals surface area (Å²) in [6.07, 6.45) is 0.212. The van der Waals surface area contributed by atoms with E-state index in [0.29, 0.717) is 5.69 Å². The van der Waals surface area contributed by atoms with Crippen molar-refractivity contribution in [1.29, 1.82) is 0 Å². The Morgan fingerprint density at radius 3 is 2.61 bits per heavy atom. The van der Waals surface area contributed by atoms with Crippen LogP contribution in [0.5, 0.6) is 5.75 Å². The summed E-state index contributed by atoms with van der Waals surface area (Å²) in [6, 6.07) is 14.7. The lowest BCUT2D eigenvalue weighted by Crippen LogP contribution is -2.17. The molecule has 1 amide bonds. The maximum atomic E-state index is 12.9. The van der Waals surface area contributed by atoms with Crippen molar-refractivity contribution in [2.45, 2.75) is 11.3 Å². The quantitative estimate of drug-likeness (QED) is 0.575. The highest BCUT2D eigenvalue weighted by Crippen LogP contribution is 2.30. The Hall–Kier alpha value is -2.55. The van der Waals surface area contributed by atoms with Gasteiger partial charge in [0.05, 0.1) is 24.2 Å². The lowest BCUT2D eigenvalue weighted by atomic mass is 10.2. The lowest BCUT2D eigenvalue weighted by Gasteiger charge is -2.14. The average Bonchev–Trinajstić information content (AvgIpc) is 3.16. The molecule has 2 N–H and O–H groups in total. The van der Waals surface area contributed by atoms with Crippen molar-refractivity contribution in [2.24, 2.45) is 0 Å². The van der Waals surface area contributed by atoms with Crippen LogP contribution in [0.3, 0.4) is 0 Å². The maximum absolute atomic E-state index is 12.9. The highest BCUT2D eigenvalue weighted by atomic mass is 35.5. The van der Waals surface area contributed by atoms with E-state index >= 15 is 0 Å². The predicted octanol–water partition coefficient (Wildman–Crippen LogP) is 4.39. The Morgan fingerprint density at radius 2 is 1.93 bits per heavy atom. The SMILES string of the molecule is COc1ccc(NC(=O)Cc2cccs2)cc1S(=O)(=O)Nc1ccccc1Cl. The number of rotatable bonds is 7. The van der Waals surface area contributed by atoms with Gasteiger partial charge in [0, 0.05) is 10.6 Å². The van der Waals surface area contributed by atoms with E-state index in [-0.39, 0.29) is 33.7 Å². The summed E-state index contributed by atoms with van der Waals surface area (Å²) < 4.78 is 33.4. The second kappa shape index (κ2) is 8.64. The number of methoxy groups -OCH3 is 1. The largest absolute Gasteiger partial charge is 0.495 e. The first-order valence-corrected chi connectivity index (χ1v) is 10.9. The number of benzene rings is 2. The molecule has 9 heteroatoms. The molecule has 0 spiro atoms. The molecule has 6 nitrogen and oxygen atoms in total. The summed E-state index contributed by atoms with van der Waals surface area (Å²) in [6.45, 7) is 0. The third-order valence-electron chi connectivity index (χ3n) is 3.77. The third kappa shape index (κ3) is 4.83. The molecule has 1 aromatic heterocycles. The Labute approximate surface area is 172 Å². The van der Waals surface area contributed by atoms with Crippen molar-refractivity contribution in [3.05, 3.63) is 69.9 Å². The summed E-state index contributed by atoms with van der Waals surface area (Å²) in [5.74, 6) is -0.0918. The Bertz CT molecular complexity index is 1080. The van der Waals surface area contributed by atoms with E-state index in [0.717, 1.165) is 4.88 Å². The minimum atomic E-state index is -4.00. The van der Waals surface area contributed by atoms with Gasteiger partial charge >= 0.3 is 0 Å².